The molecule has 1 N–H and O–H groups in total. The summed E-state index contributed by atoms with van der Waals surface area (Å²) in [6.07, 6.45) is 2.18. The van der Waals surface area contributed by atoms with Crippen LogP contribution in [0.15, 0.2) is 41.4 Å². The van der Waals surface area contributed by atoms with Gasteiger partial charge in [0.25, 0.3) is 0 Å². The molecular weight excluding hydrogens is 477 g/mol. The number of nitrogens with one attached hydrogen (secondary N) is 1. The number of hydrogen-bond donors (Lipinski definition) is 1. The van der Waals surface area contributed by atoms with E-state index in [1.165, 1.54) is 11.3 Å². The molecule has 1 unspecified atom stereocenters. The van der Waals surface area contributed by atoms with Crippen LogP contribution in [0.1, 0.15) is 29.8 Å². The molecule has 0 aliphatic carbocycles. The molecule has 1 aliphatic rings. The monoisotopic (exact) mass is 511 g/mol. The van der Waals surface area contributed by atoms with Crippen LogP contribution in [0.25, 0.3) is 0 Å². The lowest BCUT2D eigenvalue weighted by Crippen LogP contribution is -2.40. The Kier molecular flexibility index (Phi) is 9.93. The van der Waals surface area contributed by atoms with Crippen LogP contribution in [0.3, 0.4) is 0 Å². The normalized spacial score (nSPS) is 16.7. The van der Waals surface area contributed by atoms with Crippen molar-refractivity contribution in [3.63, 3.8) is 0 Å². The third-order valence-corrected chi connectivity index (χ3v) is 5.20. The molecule has 0 amide bonds. The van der Waals surface area contributed by atoms with E-state index in [1.807, 2.05) is 20.0 Å². The van der Waals surface area contributed by atoms with E-state index in [0.717, 1.165) is 57.3 Å². The lowest BCUT2D eigenvalue weighted by Gasteiger charge is -2.21. The number of hydrogen-bond acceptors (Lipinski definition) is 3. The molecule has 0 radical (unpaired) electrons. The molecule has 7 heteroatoms. The molecule has 29 heavy (non-hydrogen) atoms. The summed E-state index contributed by atoms with van der Waals surface area (Å²) in [5, 5.41) is 8.02. The average Bonchev–Trinajstić information content (AvgIpc) is 3.29. The fourth-order valence-corrected chi connectivity index (χ4v) is 3.74. The molecule has 6 nitrogen and oxygen atoms in total. The zero-order chi connectivity index (χ0) is 19.8. The molecule has 0 bridgehead atoms. The molecule has 2 aromatic rings. The van der Waals surface area contributed by atoms with E-state index in [2.05, 4.69) is 62.2 Å². The van der Waals surface area contributed by atoms with Crippen LogP contribution in [-0.4, -0.2) is 53.9 Å². The number of nitrogens with zero attached hydrogens (tertiary/aromatic N) is 4. The van der Waals surface area contributed by atoms with Gasteiger partial charge in [0.05, 0.1) is 18.9 Å². The summed E-state index contributed by atoms with van der Waals surface area (Å²) in [6.45, 7) is 9.52. The highest BCUT2D eigenvalue weighted by Gasteiger charge is 2.24. The molecule has 1 aromatic heterocycles. The predicted molar refractivity (Wildman–Crippen MR) is 129 cm³/mol. The van der Waals surface area contributed by atoms with Crippen molar-refractivity contribution in [2.45, 2.75) is 39.8 Å². The van der Waals surface area contributed by atoms with Gasteiger partial charge >= 0.3 is 0 Å². The highest BCUT2D eigenvalue weighted by molar-refractivity contribution is 14.0. The Morgan fingerprint density at radius 1 is 1.28 bits per heavy atom. The Labute approximate surface area is 191 Å². The first-order valence-corrected chi connectivity index (χ1v) is 10.2. The zero-order valence-corrected chi connectivity index (χ0v) is 20.1. The first-order valence-electron chi connectivity index (χ1n) is 10.2. The van der Waals surface area contributed by atoms with Gasteiger partial charge in [-0.2, -0.15) is 5.10 Å². The number of halogens is 1. The van der Waals surface area contributed by atoms with Gasteiger partial charge in [-0.05, 0) is 38.3 Å². The number of aromatic nitrogens is 2. The molecule has 1 aliphatic heterocycles. The Morgan fingerprint density at radius 3 is 2.76 bits per heavy atom. The lowest BCUT2D eigenvalue weighted by atomic mass is 10.1. The fraction of sp³-hybridized carbons (Fsp3) is 0.545. The molecule has 160 valence electrons. The standard InChI is InChI=1S/C22H33N5O.HI/c1-18-14-19(2)27(25-18)12-7-11-24-22(23-3)26-13-10-21(15-26)17-28-16-20-8-5-4-6-9-20;/h4-6,8-9,14,21H,7,10-13,15-17H2,1-3H3,(H,23,24);1H. The second-order valence-electron chi connectivity index (χ2n) is 7.58. The second-order valence-corrected chi connectivity index (χ2v) is 7.58. The van der Waals surface area contributed by atoms with E-state index in [4.69, 9.17) is 4.74 Å². The lowest BCUT2D eigenvalue weighted by molar-refractivity contribution is 0.0907. The quantitative estimate of drug-likeness (QED) is 0.255. The molecule has 1 fully saturated rings. The Bertz CT molecular complexity index is 762. The van der Waals surface area contributed by atoms with Crippen molar-refractivity contribution in [2.24, 2.45) is 10.9 Å². The van der Waals surface area contributed by atoms with Crippen molar-refractivity contribution in [2.75, 3.05) is 33.3 Å². The summed E-state index contributed by atoms with van der Waals surface area (Å²) in [5.41, 5.74) is 3.54. The van der Waals surface area contributed by atoms with Gasteiger partial charge in [-0.15, -0.1) is 24.0 Å². The number of benzene rings is 1. The summed E-state index contributed by atoms with van der Waals surface area (Å²) in [6, 6.07) is 12.5. The molecule has 3 rings (SSSR count). The van der Waals surface area contributed by atoms with Crippen LogP contribution in [0.2, 0.25) is 0 Å². The molecule has 1 aromatic carbocycles. The van der Waals surface area contributed by atoms with Gasteiger partial charge in [0.15, 0.2) is 5.96 Å². The third-order valence-electron chi connectivity index (χ3n) is 5.20. The molecule has 0 spiro atoms. The smallest absolute Gasteiger partial charge is 0.193 e. The summed E-state index contributed by atoms with van der Waals surface area (Å²) >= 11 is 0. The number of rotatable bonds is 8. The van der Waals surface area contributed by atoms with Crippen molar-refractivity contribution in [1.29, 1.82) is 0 Å². The maximum absolute atomic E-state index is 5.93. The van der Waals surface area contributed by atoms with Crippen molar-refractivity contribution >= 4 is 29.9 Å². The van der Waals surface area contributed by atoms with Crippen molar-refractivity contribution in [3.8, 4) is 0 Å². The minimum Gasteiger partial charge on any atom is -0.376 e. The molecule has 0 saturated carbocycles. The van der Waals surface area contributed by atoms with Gasteiger partial charge in [-0.25, -0.2) is 0 Å². The van der Waals surface area contributed by atoms with Crippen LogP contribution in [0, 0.1) is 19.8 Å². The van der Waals surface area contributed by atoms with Crippen LogP contribution >= 0.6 is 24.0 Å². The first-order chi connectivity index (χ1) is 13.7. The van der Waals surface area contributed by atoms with Crippen molar-refractivity contribution < 1.29 is 4.74 Å². The van der Waals surface area contributed by atoms with Crippen LogP contribution in [0.5, 0.6) is 0 Å². The summed E-state index contributed by atoms with van der Waals surface area (Å²) < 4.78 is 8.01. The van der Waals surface area contributed by atoms with Gasteiger partial charge in [0.2, 0.25) is 0 Å². The van der Waals surface area contributed by atoms with E-state index in [-0.39, 0.29) is 24.0 Å². The fourth-order valence-electron chi connectivity index (χ4n) is 3.74. The van der Waals surface area contributed by atoms with E-state index >= 15 is 0 Å². The summed E-state index contributed by atoms with van der Waals surface area (Å²) in [7, 11) is 1.86. The molecular formula is C22H34IN5O. The minimum atomic E-state index is 0. The zero-order valence-electron chi connectivity index (χ0n) is 17.8. The van der Waals surface area contributed by atoms with Crippen LogP contribution in [0.4, 0.5) is 0 Å². The third kappa shape index (κ3) is 7.29. The number of ether oxygens (including phenoxy) is 1. The number of aryl methyl sites for hydroxylation is 3. The largest absolute Gasteiger partial charge is 0.376 e. The predicted octanol–water partition coefficient (Wildman–Crippen LogP) is 3.62. The topological polar surface area (TPSA) is 54.7 Å². The van der Waals surface area contributed by atoms with Crippen molar-refractivity contribution in [1.82, 2.24) is 20.0 Å². The first kappa shape index (κ1) is 23.7. The van der Waals surface area contributed by atoms with Gasteiger partial charge in [0, 0.05) is 44.8 Å². The maximum Gasteiger partial charge on any atom is 0.193 e. The second kappa shape index (κ2) is 12.2. The van der Waals surface area contributed by atoms with Gasteiger partial charge < -0.3 is 15.0 Å². The highest BCUT2D eigenvalue weighted by Crippen LogP contribution is 2.17. The highest BCUT2D eigenvalue weighted by atomic mass is 127. The van der Waals surface area contributed by atoms with E-state index in [1.54, 1.807) is 0 Å². The maximum atomic E-state index is 5.93. The molecule has 1 atom stereocenters. The number of guanidine groups is 1. The molecule has 2 heterocycles. The van der Waals surface area contributed by atoms with Gasteiger partial charge in [0.1, 0.15) is 0 Å². The Hall–Kier alpha value is -1.61. The van der Waals surface area contributed by atoms with Gasteiger partial charge in [-0.1, -0.05) is 30.3 Å². The van der Waals surface area contributed by atoms with Gasteiger partial charge in [-0.3, -0.25) is 9.67 Å². The van der Waals surface area contributed by atoms with Crippen LogP contribution in [-0.2, 0) is 17.9 Å². The SMILES string of the molecule is CN=C(NCCCn1nc(C)cc1C)N1CCC(COCc2ccccc2)C1.I. The molecule has 1 saturated heterocycles. The van der Waals surface area contributed by atoms with Crippen molar-refractivity contribution in [3.05, 3.63) is 53.3 Å². The average molecular weight is 511 g/mol. The summed E-state index contributed by atoms with van der Waals surface area (Å²) in [4.78, 5) is 6.81. The number of likely N-dealkylation sites (tertiary alicyclic amines) is 1. The van der Waals surface area contributed by atoms with Crippen LogP contribution < -0.4 is 5.32 Å². The summed E-state index contributed by atoms with van der Waals surface area (Å²) in [5.74, 6) is 1.57. The van der Waals surface area contributed by atoms with E-state index in [9.17, 15) is 0 Å². The Morgan fingerprint density at radius 2 is 2.07 bits per heavy atom. The Balaban J connectivity index is 0.00000300. The minimum absolute atomic E-state index is 0. The number of aliphatic imine (C=N–C) groups is 1. The van der Waals surface area contributed by atoms with E-state index < -0.39 is 0 Å². The van der Waals surface area contributed by atoms with E-state index in [0.29, 0.717) is 12.5 Å².